The van der Waals surface area contributed by atoms with E-state index in [0.29, 0.717) is 30.1 Å². The maximum Gasteiger partial charge on any atom is 0.227 e. The Labute approximate surface area is 177 Å². The SMILES string of the molecule is CCN1CC[C@@H]2C[C@@H](N3CCOCC3)CC[C@@]2(C(=O)NCCc2nnc(N)s2)C1. The van der Waals surface area contributed by atoms with E-state index in [1.165, 1.54) is 11.3 Å². The summed E-state index contributed by atoms with van der Waals surface area (Å²) in [5.41, 5.74) is 5.41. The number of anilines is 1. The molecular formula is C20H34N6O2S. The third-order valence-corrected chi connectivity index (χ3v) is 7.94. The summed E-state index contributed by atoms with van der Waals surface area (Å²) in [6.07, 6.45) is 5.03. The summed E-state index contributed by atoms with van der Waals surface area (Å²) in [5.74, 6) is 0.697. The van der Waals surface area contributed by atoms with Crippen molar-refractivity contribution in [3.63, 3.8) is 0 Å². The Bertz CT molecular complexity index is 694. The summed E-state index contributed by atoms with van der Waals surface area (Å²) in [6.45, 7) is 9.55. The van der Waals surface area contributed by atoms with Gasteiger partial charge in [-0.3, -0.25) is 9.69 Å². The Morgan fingerprint density at radius 1 is 1.31 bits per heavy atom. The van der Waals surface area contributed by atoms with Crippen LogP contribution in [0.25, 0.3) is 0 Å². The summed E-state index contributed by atoms with van der Waals surface area (Å²) in [4.78, 5) is 18.5. The number of aromatic nitrogens is 2. The van der Waals surface area contributed by atoms with Crippen LogP contribution < -0.4 is 11.1 Å². The van der Waals surface area contributed by atoms with Gasteiger partial charge in [0.25, 0.3) is 0 Å². The first-order valence-electron chi connectivity index (χ1n) is 11.0. The van der Waals surface area contributed by atoms with Gasteiger partial charge >= 0.3 is 0 Å². The molecule has 3 fully saturated rings. The van der Waals surface area contributed by atoms with Gasteiger partial charge in [0.05, 0.1) is 18.6 Å². The third-order valence-electron chi connectivity index (χ3n) is 7.13. The summed E-state index contributed by atoms with van der Waals surface area (Å²) in [5, 5.41) is 12.5. The second kappa shape index (κ2) is 9.24. The van der Waals surface area contributed by atoms with Crippen molar-refractivity contribution in [3.05, 3.63) is 5.01 Å². The van der Waals surface area contributed by atoms with Crippen LogP contribution in [0.4, 0.5) is 5.13 Å². The van der Waals surface area contributed by atoms with Crippen molar-refractivity contribution in [3.8, 4) is 0 Å². The van der Waals surface area contributed by atoms with Crippen LogP contribution in [0.15, 0.2) is 0 Å². The molecule has 1 aromatic heterocycles. The molecule has 0 spiro atoms. The number of nitrogens with one attached hydrogen (secondary N) is 1. The number of ether oxygens (including phenoxy) is 1. The predicted octanol–water partition coefficient (Wildman–Crippen LogP) is 0.992. The van der Waals surface area contributed by atoms with Crippen LogP contribution in [0.2, 0.25) is 0 Å². The molecule has 3 atom stereocenters. The fraction of sp³-hybridized carbons (Fsp3) is 0.850. The molecule has 0 radical (unpaired) electrons. The van der Waals surface area contributed by atoms with E-state index in [1.807, 2.05) is 0 Å². The number of likely N-dealkylation sites (tertiary alicyclic amines) is 1. The standard InChI is InChI=1S/C20H34N6O2S/c1-2-25-8-5-15-13-16(26-9-11-28-12-10-26)3-6-20(15,14-25)18(27)22-7-4-17-23-24-19(21)29-17/h15-16H,2-14H2,1H3,(H2,21,24)(H,22,27)/t15-,16+,20-/m1/s1. The summed E-state index contributed by atoms with van der Waals surface area (Å²) >= 11 is 1.40. The summed E-state index contributed by atoms with van der Waals surface area (Å²) in [6, 6.07) is 0.599. The van der Waals surface area contributed by atoms with Crippen molar-refractivity contribution in [2.75, 3.05) is 58.2 Å². The van der Waals surface area contributed by atoms with Crippen molar-refractivity contribution in [2.24, 2.45) is 11.3 Å². The van der Waals surface area contributed by atoms with Gasteiger partial charge in [-0.2, -0.15) is 0 Å². The normalized spacial score (nSPS) is 31.3. The fourth-order valence-corrected chi connectivity index (χ4v) is 6.07. The average Bonchev–Trinajstić information content (AvgIpc) is 3.18. The molecule has 2 aliphatic heterocycles. The molecule has 29 heavy (non-hydrogen) atoms. The molecular weight excluding hydrogens is 388 g/mol. The first kappa shape index (κ1) is 21.0. The van der Waals surface area contributed by atoms with Gasteiger partial charge in [-0.25, -0.2) is 0 Å². The molecule has 1 amide bonds. The number of hydrogen-bond acceptors (Lipinski definition) is 8. The maximum atomic E-state index is 13.5. The zero-order valence-electron chi connectivity index (χ0n) is 17.4. The predicted molar refractivity (Wildman–Crippen MR) is 114 cm³/mol. The van der Waals surface area contributed by atoms with E-state index < -0.39 is 0 Å². The van der Waals surface area contributed by atoms with Gasteiger partial charge in [0.2, 0.25) is 11.0 Å². The van der Waals surface area contributed by atoms with Crippen LogP contribution in [-0.4, -0.2) is 84.4 Å². The van der Waals surface area contributed by atoms with Crippen LogP contribution in [0.5, 0.6) is 0 Å². The zero-order valence-corrected chi connectivity index (χ0v) is 18.3. The van der Waals surface area contributed by atoms with Gasteiger partial charge in [0.1, 0.15) is 5.01 Å². The quantitative estimate of drug-likeness (QED) is 0.706. The second-order valence-corrected chi connectivity index (χ2v) is 9.72. The number of nitrogens with two attached hydrogens (primary N) is 1. The van der Waals surface area contributed by atoms with E-state index in [4.69, 9.17) is 10.5 Å². The van der Waals surface area contributed by atoms with E-state index in [1.54, 1.807) is 0 Å². The molecule has 3 aliphatic rings. The van der Waals surface area contributed by atoms with Gasteiger partial charge in [-0.05, 0) is 44.7 Å². The highest BCUT2D eigenvalue weighted by atomic mass is 32.1. The van der Waals surface area contributed by atoms with Gasteiger partial charge in [-0.15, -0.1) is 10.2 Å². The number of hydrogen-bond donors (Lipinski definition) is 2. The third kappa shape index (κ3) is 4.57. The molecule has 1 saturated carbocycles. The van der Waals surface area contributed by atoms with Crippen molar-refractivity contribution in [2.45, 2.75) is 45.1 Å². The molecule has 162 valence electrons. The van der Waals surface area contributed by atoms with Crippen LogP contribution in [-0.2, 0) is 16.0 Å². The van der Waals surface area contributed by atoms with Gasteiger partial charge < -0.3 is 20.7 Å². The van der Waals surface area contributed by atoms with Crippen LogP contribution in [0.1, 0.15) is 37.6 Å². The lowest BCUT2D eigenvalue weighted by atomic mass is 9.61. The van der Waals surface area contributed by atoms with Crippen molar-refractivity contribution in [1.82, 2.24) is 25.3 Å². The first-order chi connectivity index (χ1) is 14.1. The zero-order chi connectivity index (χ0) is 20.3. The number of amides is 1. The van der Waals surface area contributed by atoms with E-state index >= 15 is 0 Å². The molecule has 3 N–H and O–H groups in total. The molecule has 1 aliphatic carbocycles. The molecule has 0 bridgehead atoms. The molecule has 0 aromatic carbocycles. The number of nitrogen functional groups attached to an aromatic ring is 1. The highest BCUT2D eigenvalue weighted by molar-refractivity contribution is 7.15. The number of morpholine rings is 1. The minimum Gasteiger partial charge on any atom is -0.379 e. The number of piperidine rings is 1. The minimum atomic E-state index is -0.253. The minimum absolute atomic E-state index is 0.235. The molecule has 8 nitrogen and oxygen atoms in total. The Morgan fingerprint density at radius 2 is 2.14 bits per heavy atom. The molecule has 9 heteroatoms. The van der Waals surface area contributed by atoms with Gasteiger partial charge in [0, 0.05) is 38.6 Å². The van der Waals surface area contributed by atoms with E-state index in [9.17, 15) is 4.79 Å². The van der Waals surface area contributed by atoms with E-state index in [0.717, 1.165) is 76.6 Å². The Hall–Kier alpha value is -1.29. The topological polar surface area (TPSA) is 96.6 Å². The van der Waals surface area contributed by atoms with E-state index in [-0.39, 0.29) is 11.3 Å². The number of fused-ring (bicyclic) bond motifs is 1. The maximum absolute atomic E-state index is 13.5. The van der Waals surface area contributed by atoms with Crippen LogP contribution >= 0.6 is 11.3 Å². The van der Waals surface area contributed by atoms with Crippen molar-refractivity contribution < 1.29 is 9.53 Å². The fourth-order valence-electron chi connectivity index (χ4n) is 5.46. The van der Waals surface area contributed by atoms with Crippen molar-refractivity contribution >= 4 is 22.4 Å². The smallest absolute Gasteiger partial charge is 0.227 e. The summed E-state index contributed by atoms with van der Waals surface area (Å²) < 4.78 is 5.54. The molecule has 0 unspecified atom stereocenters. The second-order valence-electron chi connectivity index (χ2n) is 8.63. The monoisotopic (exact) mass is 422 g/mol. The molecule has 3 heterocycles. The molecule has 1 aromatic rings. The molecule has 4 rings (SSSR count). The van der Waals surface area contributed by atoms with Crippen LogP contribution in [0.3, 0.4) is 0 Å². The lowest BCUT2D eigenvalue weighted by Gasteiger charge is -2.53. The van der Waals surface area contributed by atoms with Gasteiger partial charge in [-0.1, -0.05) is 18.3 Å². The largest absolute Gasteiger partial charge is 0.379 e. The Morgan fingerprint density at radius 3 is 2.86 bits per heavy atom. The highest BCUT2D eigenvalue weighted by Gasteiger charge is 2.52. The number of rotatable bonds is 6. The highest BCUT2D eigenvalue weighted by Crippen LogP contribution is 2.47. The number of carbonyl (C=O) groups excluding carboxylic acids is 1. The number of carbonyl (C=O) groups is 1. The van der Waals surface area contributed by atoms with Gasteiger partial charge in [0.15, 0.2) is 0 Å². The molecule has 2 saturated heterocycles. The lowest BCUT2D eigenvalue weighted by molar-refractivity contribution is -0.144. The van der Waals surface area contributed by atoms with E-state index in [2.05, 4.69) is 32.2 Å². The lowest BCUT2D eigenvalue weighted by Crippen LogP contribution is -2.61. The number of nitrogens with zero attached hydrogens (tertiary/aromatic N) is 4. The Balaban J connectivity index is 1.41. The first-order valence-corrected chi connectivity index (χ1v) is 11.8. The summed E-state index contributed by atoms with van der Waals surface area (Å²) in [7, 11) is 0. The Kier molecular flexibility index (Phi) is 6.68. The van der Waals surface area contributed by atoms with Crippen molar-refractivity contribution in [1.29, 1.82) is 0 Å². The van der Waals surface area contributed by atoms with Crippen LogP contribution in [0, 0.1) is 11.3 Å². The average molecular weight is 423 g/mol.